The zero-order chi connectivity index (χ0) is 11.8. The van der Waals surface area contributed by atoms with Gasteiger partial charge in [0.25, 0.3) is 0 Å². The van der Waals surface area contributed by atoms with Crippen LogP contribution < -0.4 is 5.32 Å². The molecule has 1 saturated carbocycles. The van der Waals surface area contributed by atoms with Crippen LogP contribution in [0.25, 0.3) is 0 Å². The molecule has 0 aliphatic heterocycles. The lowest BCUT2D eigenvalue weighted by Gasteiger charge is -2.12. The minimum Gasteiger partial charge on any atom is -0.478 e. The summed E-state index contributed by atoms with van der Waals surface area (Å²) in [6.07, 6.45) is 2.95. The average molecular weight is 282 g/mol. The smallest absolute Gasteiger partial charge is 0.339 e. The molecule has 1 aromatic heterocycles. The van der Waals surface area contributed by atoms with Gasteiger partial charge in [-0.3, -0.25) is 0 Å². The molecule has 0 bridgehead atoms. The van der Waals surface area contributed by atoms with E-state index in [0.29, 0.717) is 4.47 Å². The van der Waals surface area contributed by atoms with E-state index in [0.717, 1.165) is 12.8 Å². The Balaban J connectivity index is 2.34. The topological polar surface area (TPSA) is 86.0 Å². The summed E-state index contributed by atoms with van der Waals surface area (Å²) in [6.45, 7) is 0. The molecule has 0 saturated heterocycles. The fourth-order valence-electron chi connectivity index (χ4n) is 1.32. The van der Waals surface area contributed by atoms with E-state index in [1.54, 1.807) is 0 Å². The number of rotatable bonds is 3. The Labute approximate surface area is 100 Å². The molecule has 1 aliphatic carbocycles. The van der Waals surface area contributed by atoms with E-state index in [9.17, 15) is 4.79 Å². The van der Waals surface area contributed by atoms with Crippen molar-refractivity contribution in [2.24, 2.45) is 0 Å². The lowest BCUT2D eigenvalue weighted by atomic mass is 10.2. The number of hydrogen-bond donors (Lipinski definition) is 2. The molecule has 6 heteroatoms. The molecule has 2 N–H and O–H groups in total. The maximum atomic E-state index is 11.0. The molecule has 0 unspecified atom stereocenters. The molecular formula is C10H8BrN3O2. The number of carboxylic acids is 1. The van der Waals surface area contributed by atoms with E-state index < -0.39 is 11.5 Å². The molecule has 82 valence electrons. The molecule has 16 heavy (non-hydrogen) atoms. The Morgan fingerprint density at radius 3 is 2.88 bits per heavy atom. The highest BCUT2D eigenvalue weighted by atomic mass is 79.9. The van der Waals surface area contributed by atoms with Crippen LogP contribution in [-0.4, -0.2) is 21.6 Å². The van der Waals surface area contributed by atoms with Gasteiger partial charge in [-0.25, -0.2) is 9.78 Å². The average Bonchev–Trinajstić information content (AvgIpc) is 3.01. The predicted octanol–water partition coefficient (Wildman–Crippen LogP) is 2.01. The molecule has 0 radical (unpaired) electrons. The highest BCUT2D eigenvalue weighted by molar-refractivity contribution is 9.10. The molecule has 5 nitrogen and oxygen atoms in total. The van der Waals surface area contributed by atoms with Gasteiger partial charge < -0.3 is 10.4 Å². The van der Waals surface area contributed by atoms with Crippen molar-refractivity contribution in [3.63, 3.8) is 0 Å². The van der Waals surface area contributed by atoms with Gasteiger partial charge in [0, 0.05) is 10.7 Å². The molecule has 1 aliphatic rings. The fraction of sp³-hybridized carbons (Fsp3) is 0.300. The minimum absolute atomic E-state index is 0.0656. The van der Waals surface area contributed by atoms with E-state index in [-0.39, 0.29) is 11.4 Å². The van der Waals surface area contributed by atoms with Crippen LogP contribution in [0.15, 0.2) is 16.7 Å². The Hall–Kier alpha value is -1.61. The maximum Gasteiger partial charge on any atom is 0.339 e. The number of halogens is 1. The summed E-state index contributed by atoms with van der Waals surface area (Å²) < 4.78 is 0.595. The van der Waals surface area contributed by atoms with Gasteiger partial charge in [0.05, 0.1) is 6.07 Å². The van der Waals surface area contributed by atoms with Crippen molar-refractivity contribution in [2.45, 2.75) is 18.4 Å². The molecule has 0 spiro atoms. The third-order valence-corrected chi connectivity index (χ3v) is 2.84. The third-order valence-electron chi connectivity index (χ3n) is 2.41. The predicted molar refractivity (Wildman–Crippen MR) is 60.1 cm³/mol. The molecule has 2 rings (SSSR count). The number of aromatic carboxylic acids is 1. The number of nitrogens with zero attached hydrogens (tertiary/aromatic N) is 2. The van der Waals surface area contributed by atoms with Gasteiger partial charge in [-0.15, -0.1) is 0 Å². The molecule has 0 atom stereocenters. The van der Waals surface area contributed by atoms with Gasteiger partial charge >= 0.3 is 5.97 Å². The quantitative estimate of drug-likeness (QED) is 0.885. The summed E-state index contributed by atoms with van der Waals surface area (Å²) >= 11 is 3.16. The van der Waals surface area contributed by atoms with Crippen LogP contribution in [0.4, 0.5) is 5.82 Å². The minimum atomic E-state index is -1.06. The Morgan fingerprint density at radius 1 is 1.69 bits per heavy atom. The zero-order valence-electron chi connectivity index (χ0n) is 8.20. The van der Waals surface area contributed by atoms with Crippen molar-refractivity contribution >= 4 is 27.7 Å². The number of nitrogens with one attached hydrogen (secondary N) is 1. The fourth-order valence-corrected chi connectivity index (χ4v) is 1.65. The van der Waals surface area contributed by atoms with Crippen LogP contribution in [0.3, 0.4) is 0 Å². The number of carboxylic acid groups (broad SMARTS) is 1. The van der Waals surface area contributed by atoms with Crippen molar-refractivity contribution in [3.05, 3.63) is 22.3 Å². The lowest BCUT2D eigenvalue weighted by Crippen LogP contribution is -2.21. The van der Waals surface area contributed by atoms with Gasteiger partial charge in [0.1, 0.15) is 16.9 Å². The van der Waals surface area contributed by atoms with Gasteiger partial charge in [0.15, 0.2) is 0 Å². The summed E-state index contributed by atoms with van der Waals surface area (Å²) in [4.78, 5) is 15.0. The highest BCUT2D eigenvalue weighted by Gasteiger charge is 2.44. The zero-order valence-corrected chi connectivity index (χ0v) is 9.78. The second-order valence-corrected chi connectivity index (χ2v) is 4.59. The van der Waals surface area contributed by atoms with Crippen LogP contribution in [0.1, 0.15) is 23.2 Å². The van der Waals surface area contributed by atoms with Crippen molar-refractivity contribution in [1.29, 1.82) is 5.26 Å². The lowest BCUT2D eigenvalue weighted by molar-refractivity contribution is 0.0697. The first-order valence-corrected chi connectivity index (χ1v) is 5.44. The third kappa shape index (κ3) is 1.99. The number of hydrogen-bond acceptors (Lipinski definition) is 4. The maximum absolute atomic E-state index is 11.0. The Kier molecular flexibility index (Phi) is 2.56. The number of aromatic nitrogens is 1. The van der Waals surface area contributed by atoms with Gasteiger partial charge in [-0.1, -0.05) is 0 Å². The monoisotopic (exact) mass is 281 g/mol. The number of nitriles is 1. The standard InChI is InChI=1S/C10H8BrN3O2/c11-6-3-7(9(15)16)8(13-4-6)14-10(5-12)1-2-10/h3-4H,1-2H2,(H,13,14)(H,15,16). The largest absolute Gasteiger partial charge is 0.478 e. The van der Waals surface area contributed by atoms with Gasteiger partial charge in [-0.2, -0.15) is 5.26 Å². The summed E-state index contributed by atoms with van der Waals surface area (Å²) in [5.41, 5.74) is -0.554. The van der Waals surface area contributed by atoms with Crippen molar-refractivity contribution in [1.82, 2.24) is 4.98 Å². The molecular weight excluding hydrogens is 274 g/mol. The molecule has 0 aromatic carbocycles. The normalized spacial score (nSPS) is 16.2. The molecule has 0 amide bonds. The van der Waals surface area contributed by atoms with Crippen LogP contribution in [0, 0.1) is 11.3 Å². The number of pyridine rings is 1. The summed E-state index contributed by atoms with van der Waals surface area (Å²) in [5.74, 6) is -0.820. The highest BCUT2D eigenvalue weighted by Crippen LogP contribution is 2.38. The van der Waals surface area contributed by atoms with E-state index in [4.69, 9.17) is 10.4 Å². The first-order chi connectivity index (χ1) is 7.56. The second kappa shape index (κ2) is 3.76. The first kappa shape index (κ1) is 10.9. The van der Waals surface area contributed by atoms with E-state index in [1.807, 2.05) is 0 Å². The molecule has 1 aromatic rings. The van der Waals surface area contributed by atoms with Gasteiger partial charge in [-0.05, 0) is 34.8 Å². The van der Waals surface area contributed by atoms with E-state index in [2.05, 4.69) is 32.3 Å². The molecule has 1 heterocycles. The molecule has 1 fully saturated rings. The summed E-state index contributed by atoms with van der Waals surface area (Å²) in [6, 6.07) is 3.59. The van der Waals surface area contributed by atoms with Crippen LogP contribution >= 0.6 is 15.9 Å². The second-order valence-electron chi connectivity index (χ2n) is 3.67. The Bertz CT molecular complexity index is 491. The first-order valence-electron chi connectivity index (χ1n) is 4.65. The Morgan fingerprint density at radius 2 is 2.38 bits per heavy atom. The summed E-state index contributed by atoms with van der Waals surface area (Å²) in [5, 5.41) is 20.8. The van der Waals surface area contributed by atoms with Crippen LogP contribution in [0.2, 0.25) is 0 Å². The number of carbonyl (C=O) groups is 1. The van der Waals surface area contributed by atoms with Gasteiger partial charge in [0.2, 0.25) is 0 Å². The number of anilines is 1. The SMILES string of the molecule is N#CC1(Nc2ncc(Br)cc2C(=O)O)CC1. The van der Waals surface area contributed by atoms with E-state index in [1.165, 1.54) is 12.3 Å². The van der Waals surface area contributed by atoms with Crippen molar-refractivity contribution < 1.29 is 9.90 Å². The van der Waals surface area contributed by atoms with Crippen LogP contribution in [-0.2, 0) is 0 Å². The summed E-state index contributed by atoms with van der Waals surface area (Å²) in [7, 11) is 0. The van der Waals surface area contributed by atoms with Crippen LogP contribution in [0.5, 0.6) is 0 Å². The van der Waals surface area contributed by atoms with Crippen molar-refractivity contribution in [3.8, 4) is 6.07 Å². The van der Waals surface area contributed by atoms with Crippen molar-refractivity contribution in [2.75, 3.05) is 5.32 Å². The van der Waals surface area contributed by atoms with E-state index >= 15 is 0 Å².